The van der Waals surface area contributed by atoms with Crippen molar-refractivity contribution < 1.29 is 19.1 Å². The Labute approximate surface area is 249 Å². The highest BCUT2D eigenvalue weighted by atomic mass is 16.6. The van der Waals surface area contributed by atoms with Gasteiger partial charge in [0, 0.05) is 19.0 Å². The maximum Gasteiger partial charge on any atom is 0.408 e. The number of alkyl carbamates (subject to hydrolysis) is 1. The summed E-state index contributed by atoms with van der Waals surface area (Å²) >= 11 is 0. The van der Waals surface area contributed by atoms with Gasteiger partial charge in [-0.05, 0) is 68.7 Å². The molecule has 42 heavy (non-hydrogen) atoms. The van der Waals surface area contributed by atoms with E-state index in [1.807, 2.05) is 84.9 Å². The van der Waals surface area contributed by atoms with E-state index in [1.54, 1.807) is 25.7 Å². The summed E-state index contributed by atoms with van der Waals surface area (Å²) in [6, 6.07) is 25.3. The Kier molecular flexibility index (Phi) is 10.4. The van der Waals surface area contributed by atoms with Crippen LogP contribution in [0.4, 0.5) is 4.79 Å². The van der Waals surface area contributed by atoms with Crippen LogP contribution in [-0.4, -0.2) is 40.5 Å². The molecule has 3 aromatic rings. The monoisotopic (exact) mass is 569 g/mol. The highest BCUT2D eigenvalue weighted by Crippen LogP contribution is 2.34. The van der Waals surface area contributed by atoms with Crippen LogP contribution in [-0.2, 0) is 33.7 Å². The van der Waals surface area contributed by atoms with Gasteiger partial charge >= 0.3 is 6.09 Å². The zero-order valence-corrected chi connectivity index (χ0v) is 25.1. The third-order valence-electron chi connectivity index (χ3n) is 7.53. The summed E-state index contributed by atoms with van der Waals surface area (Å²) in [6.45, 7) is 7.79. The van der Waals surface area contributed by atoms with Crippen LogP contribution >= 0.6 is 0 Å². The van der Waals surface area contributed by atoms with Crippen molar-refractivity contribution in [3.05, 3.63) is 107 Å². The van der Waals surface area contributed by atoms with Gasteiger partial charge in [-0.3, -0.25) is 9.59 Å². The number of hydrogen-bond donors (Lipinski definition) is 2. The minimum Gasteiger partial charge on any atom is -0.444 e. The Morgan fingerprint density at radius 3 is 1.98 bits per heavy atom. The molecule has 2 unspecified atom stereocenters. The molecule has 0 aromatic heterocycles. The van der Waals surface area contributed by atoms with Gasteiger partial charge in [-0.15, -0.1) is 0 Å². The molecule has 2 N–H and O–H groups in total. The Balaban J connectivity index is 1.70. The molecule has 2 atom stereocenters. The second-order valence-electron chi connectivity index (χ2n) is 11.9. The number of ether oxygens (including phenoxy) is 1. The van der Waals surface area contributed by atoms with Crippen LogP contribution in [0.1, 0.15) is 75.3 Å². The Bertz CT molecular complexity index is 1320. The van der Waals surface area contributed by atoms with Crippen molar-refractivity contribution in [1.29, 1.82) is 0 Å². The molecule has 0 saturated heterocycles. The number of nitrogens with zero attached hydrogens (tertiary/aromatic N) is 1. The lowest BCUT2D eigenvalue weighted by molar-refractivity contribution is -0.147. The van der Waals surface area contributed by atoms with E-state index in [-0.39, 0.29) is 24.3 Å². The van der Waals surface area contributed by atoms with Gasteiger partial charge in [0.2, 0.25) is 11.8 Å². The molecular formula is C35H43N3O4. The van der Waals surface area contributed by atoms with Gasteiger partial charge < -0.3 is 20.3 Å². The normalized spacial score (nSPS) is 14.7. The number of aryl methyl sites for hydroxylation is 1. The summed E-state index contributed by atoms with van der Waals surface area (Å²) < 4.78 is 5.54. The lowest BCUT2D eigenvalue weighted by Gasteiger charge is -2.43. The van der Waals surface area contributed by atoms with Crippen LogP contribution < -0.4 is 10.6 Å². The van der Waals surface area contributed by atoms with E-state index in [4.69, 9.17) is 4.74 Å². The molecular weight excluding hydrogens is 526 g/mol. The molecule has 222 valence electrons. The summed E-state index contributed by atoms with van der Waals surface area (Å²) in [5.41, 5.74) is 3.05. The van der Waals surface area contributed by atoms with E-state index in [2.05, 4.69) is 17.6 Å². The molecule has 7 nitrogen and oxygen atoms in total. The van der Waals surface area contributed by atoms with Gasteiger partial charge in [-0.1, -0.05) is 91.9 Å². The van der Waals surface area contributed by atoms with Crippen molar-refractivity contribution in [3.63, 3.8) is 0 Å². The Morgan fingerprint density at radius 1 is 0.857 bits per heavy atom. The number of carbonyl (C=O) groups is 3. The Morgan fingerprint density at radius 2 is 1.45 bits per heavy atom. The molecule has 7 heteroatoms. The van der Waals surface area contributed by atoms with Gasteiger partial charge in [-0.25, -0.2) is 4.79 Å². The number of hydrogen-bond acceptors (Lipinski definition) is 4. The first-order valence-corrected chi connectivity index (χ1v) is 14.9. The second kappa shape index (κ2) is 14.2. The predicted molar refractivity (Wildman–Crippen MR) is 165 cm³/mol. The van der Waals surface area contributed by atoms with E-state index >= 15 is 0 Å². The quantitative estimate of drug-likeness (QED) is 0.291. The summed E-state index contributed by atoms with van der Waals surface area (Å²) in [6.07, 6.45) is 3.05. The van der Waals surface area contributed by atoms with E-state index in [9.17, 15) is 14.4 Å². The lowest BCUT2D eigenvalue weighted by Crippen LogP contribution is -2.58. The fraction of sp³-hybridized carbons (Fsp3) is 0.400. The predicted octanol–water partition coefficient (Wildman–Crippen LogP) is 6.12. The fourth-order valence-electron chi connectivity index (χ4n) is 5.12. The molecule has 1 aliphatic carbocycles. The van der Waals surface area contributed by atoms with Crippen molar-refractivity contribution in [3.8, 4) is 0 Å². The van der Waals surface area contributed by atoms with Crippen molar-refractivity contribution >= 4 is 17.9 Å². The first kappa shape index (κ1) is 30.8. The van der Waals surface area contributed by atoms with Gasteiger partial charge in [0.1, 0.15) is 17.7 Å². The number of benzene rings is 3. The molecule has 0 aliphatic heterocycles. The van der Waals surface area contributed by atoms with Crippen molar-refractivity contribution in [2.75, 3.05) is 0 Å². The first-order chi connectivity index (χ1) is 20.1. The first-order valence-electron chi connectivity index (χ1n) is 14.9. The van der Waals surface area contributed by atoms with Crippen LogP contribution in [0, 0.1) is 0 Å². The maximum absolute atomic E-state index is 14.6. The van der Waals surface area contributed by atoms with Crippen molar-refractivity contribution in [2.24, 2.45) is 0 Å². The van der Waals surface area contributed by atoms with Crippen molar-refractivity contribution in [2.45, 2.75) is 90.1 Å². The maximum atomic E-state index is 14.6. The van der Waals surface area contributed by atoms with E-state index in [0.29, 0.717) is 6.54 Å². The number of carbonyl (C=O) groups excluding carboxylic acids is 3. The molecule has 1 fully saturated rings. The number of rotatable bonds is 11. The largest absolute Gasteiger partial charge is 0.444 e. The van der Waals surface area contributed by atoms with Crippen LogP contribution in [0.5, 0.6) is 0 Å². The van der Waals surface area contributed by atoms with Crippen LogP contribution in [0.15, 0.2) is 84.9 Å². The van der Waals surface area contributed by atoms with Crippen LogP contribution in [0.2, 0.25) is 0 Å². The second-order valence-corrected chi connectivity index (χ2v) is 11.9. The minimum absolute atomic E-state index is 0.116. The van der Waals surface area contributed by atoms with E-state index in [0.717, 1.165) is 47.9 Å². The van der Waals surface area contributed by atoms with Gasteiger partial charge in [0.15, 0.2) is 0 Å². The van der Waals surface area contributed by atoms with Gasteiger partial charge in [0.05, 0.1) is 0 Å². The smallest absolute Gasteiger partial charge is 0.408 e. The molecule has 1 saturated carbocycles. The minimum atomic E-state index is -0.915. The number of nitrogens with one attached hydrogen (secondary N) is 2. The zero-order chi connectivity index (χ0) is 30.1. The SMILES string of the molecule is CCc1ccc(C(C(=O)NCc2ccccc2)N(C(=O)C(Cc2ccccc2)NC(=O)OC(C)(C)C)C2CCC2)cc1. The number of amides is 3. The summed E-state index contributed by atoms with van der Waals surface area (Å²) in [7, 11) is 0. The molecule has 0 radical (unpaired) electrons. The van der Waals surface area contributed by atoms with Crippen molar-refractivity contribution in [1.82, 2.24) is 15.5 Å². The fourth-order valence-corrected chi connectivity index (χ4v) is 5.12. The average Bonchev–Trinajstić information content (AvgIpc) is 2.94. The van der Waals surface area contributed by atoms with Gasteiger partial charge in [-0.2, -0.15) is 0 Å². The summed E-state index contributed by atoms with van der Waals surface area (Å²) in [5.74, 6) is -0.548. The van der Waals surface area contributed by atoms with Crippen LogP contribution in [0.3, 0.4) is 0 Å². The molecule has 0 bridgehead atoms. The molecule has 0 heterocycles. The zero-order valence-electron chi connectivity index (χ0n) is 25.1. The highest BCUT2D eigenvalue weighted by molar-refractivity contribution is 5.92. The van der Waals surface area contributed by atoms with Gasteiger partial charge in [0.25, 0.3) is 0 Å². The standard InChI is InChI=1S/C35H43N3O4/c1-5-25-19-21-28(22-20-25)31(32(39)36-24-27-15-10-7-11-16-27)38(29-17-12-18-29)33(40)30(23-26-13-8-6-9-14-26)37-34(41)42-35(2,3)4/h6-11,13-16,19-22,29-31H,5,12,17-18,23-24H2,1-4H3,(H,36,39)(H,37,41). The topological polar surface area (TPSA) is 87.7 Å². The van der Waals surface area contributed by atoms with E-state index in [1.165, 1.54) is 0 Å². The van der Waals surface area contributed by atoms with Crippen LogP contribution in [0.25, 0.3) is 0 Å². The molecule has 1 aliphatic rings. The lowest BCUT2D eigenvalue weighted by atomic mass is 9.87. The molecule has 3 amide bonds. The highest BCUT2D eigenvalue weighted by Gasteiger charge is 2.42. The molecule has 0 spiro atoms. The molecule has 4 rings (SSSR count). The summed E-state index contributed by atoms with van der Waals surface area (Å²) in [5, 5.41) is 5.92. The average molecular weight is 570 g/mol. The third kappa shape index (κ3) is 8.44. The summed E-state index contributed by atoms with van der Waals surface area (Å²) in [4.78, 5) is 43.3. The Hall–Kier alpha value is -4.13. The van der Waals surface area contributed by atoms with E-state index < -0.39 is 23.8 Å². The third-order valence-corrected chi connectivity index (χ3v) is 7.53. The molecule has 3 aromatic carbocycles.